The van der Waals surface area contributed by atoms with Crippen molar-refractivity contribution in [3.05, 3.63) is 41.7 Å². The normalized spacial score (nSPS) is 10.7. The molecule has 6 nitrogen and oxygen atoms in total. The molecule has 1 heterocycles. The van der Waals surface area contributed by atoms with Crippen LogP contribution in [0.4, 0.5) is 5.95 Å². The van der Waals surface area contributed by atoms with Crippen molar-refractivity contribution in [3.8, 4) is 0 Å². The molecule has 2 rings (SSSR count). The van der Waals surface area contributed by atoms with Crippen LogP contribution in [0.25, 0.3) is 0 Å². The second-order valence-corrected chi connectivity index (χ2v) is 4.34. The second kappa shape index (κ2) is 6.10. The highest BCUT2D eigenvalue weighted by molar-refractivity contribution is 6.03. The molecule has 0 bridgehead atoms. The number of hydrogen-bond donors (Lipinski definition) is 2. The number of anilines is 1. The zero-order chi connectivity index (χ0) is 13.7. The van der Waals surface area contributed by atoms with E-state index in [1.54, 1.807) is 12.1 Å². The number of benzene rings is 1. The van der Waals surface area contributed by atoms with Gasteiger partial charge >= 0.3 is 0 Å². The van der Waals surface area contributed by atoms with Gasteiger partial charge in [-0.25, -0.2) is 5.10 Å². The molecule has 0 radical (unpaired) electrons. The van der Waals surface area contributed by atoms with E-state index in [0.29, 0.717) is 18.1 Å². The fourth-order valence-electron chi connectivity index (χ4n) is 1.46. The lowest BCUT2D eigenvalue weighted by Crippen LogP contribution is -2.13. The lowest BCUT2D eigenvalue weighted by Gasteiger charge is -2.08. The van der Waals surface area contributed by atoms with Crippen LogP contribution in [0, 0.1) is 0 Å². The van der Waals surface area contributed by atoms with Gasteiger partial charge in [-0.1, -0.05) is 12.1 Å². The Kier molecular flexibility index (Phi) is 4.25. The summed E-state index contributed by atoms with van der Waals surface area (Å²) in [5, 5.41) is 8.83. The third-order valence-electron chi connectivity index (χ3n) is 2.45. The first-order valence-electron chi connectivity index (χ1n) is 6.02. The summed E-state index contributed by atoms with van der Waals surface area (Å²) in [7, 11) is 0. The maximum atomic E-state index is 11.9. The van der Waals surface area contributed by atoms with Gasteiger partial charge in [-0.3, -0.25) is 10.1 Å². The summed E-state index contributed by atoms with van der Waals surface area (Å²) >= 11 is 0. The van der Waals surface area contributed by atoms with Crippen LogP contribution in [0.3, 0.4) is 0 Å². The Labute approximate surface area is 111 Å². The summed E-state index contributed by atoms with van der Waals surface area (Å²) in [5.74, 6) is 0.102. The number of aromatic nitrogens is 3. The minimum atomic E-state index is -0.229. The Balaban J connectivity index is 1.96. The molecule has 6 heteroatoms. The van der Waals surface area contributed by atoms with Gasteiger partial charge in [0.15, 0.2) is 0 Å². The van der Waals surface area contributed by atoms with Crippen LogP contribution in [0.5, 0.6) is 0 Å². The summed E-state index contributed by atoms with van der Waals surface area (Å²) in [6.07, 6.45) is 1.52. The van der Waals surface area contributed by atoms with Gasteiger partial charge in [0.05, 0.1) is 12.7 Å². The van der Waals surface area contributed by atoms with Crippen LogP contribution in [0.15, 0.2) is 30.6 Å². The van der Waals surface area contributed by atoms with Gasteiger partial charge in [0.1, 0.15) is 6.33 Å². The standard InChI is InChI=1S/C13H16N4O2/c1-9(2)19-7-10-3-5-11(6-4-10)12(18)16-13-14-8-15-17-13/h3-6,8-9H,7H2,1-2H3,(H2,14,15,16,17,18). The maximum absolute atomic E-state index is 11.9. The SMILES string of the molecule is CC(C)OCc1ccc(C(=O)Nc2ncn[nH]2)cc1. The Morgan fingerprint density at radius 3 is 2.68 bits per heavy atom. The molecule has 0 unspecified atom stereocenters. The van der Waals surface area contributed by atoms with E-state index < -0.39 is 0 Å². The fraction of sp³-hybridized carbons (Fsp3) is 0.308. The largest absolute Gasteiger partial charge is 0.374 e. The summed E-state index contributed by atoms with van der Waals surface area (Å²) in [5.41, 5.74) is 1.59. The van der Waals surface area contributed by atoms with Crippen molar-refractivity contribution in [2.24, 2.45) is 0 Å². The number of amides is 1. The molecule has 2 N–H and O–H groups in total. The van der Waals surface area contributed by atoms with Gasteiger partial charge < -0.3 is 4.74 Å². The van der Waals surface area contributed by atoms with Crippen molar-refractivity contribution < 1.29 is 9.53 Å². The van der Waals surface area contributed by atoms with Crippen molar-refractivity contribution in [2.45, 2.75) is 26.6 Å². The summed E-state index contributed by atoms with van der Waals surface area (Å²) in [6, 6.07) is 7.25. The lowest BCUT2D eigenvalue weighted by molar-refractivity contribution is 0.0657. The van der Waals surface area contributed by atoms with Crippen LogP contribution >= 0.6 is 0 Å². The quantitative estimate of drug-likeness (QED) is 0.861. The summed E-state index contributed by atoms with van der Waals surface area (Å²) < 4.78 is 5.49. The molecular formula is C13H16N4O2. The number of rotatable bonds is 5. The molecule has 100 valence electrons. The predicted octanol–water partition coefficient (Wildman–Crippen LogP) is 1.98. The van der Waals surface area contributed by atoms with Crippen molar-refractivity contribution >= 4 is 11.9 Å². The van der Waals surface area contributed by atoms with Crippen molar-refractivity contribution in [3.63, 3.8) is 0 Å². The average Bonchev–Trinajstić information content (AvgIpc) is 2.89. The zero-order valence-corrected chi connectivity index (χ0v) is 10.9. The van der Waals surface area contributed by atoms with E-state index in [9.17, 15) is 4.79 Å². The first-order valence-corrected chi connectivity index (χ1v) is 6.02. The highest BCUT2D eigenvalue weighted by atomic mass is 16.5. The van der Waals surface area contributed by atoms with Crippen LogP contribution in [-0.4, -0.2) is 27.2 Å². The highest BCUT2D eigenvalue weighted by Crippen LogP contribution is 2.08. The number of nitrogens with one attached hydrogen (secondary N) is 2. The van der Waals surface area contributed by atoms with Crippen LogP contribution in [-0.2, 0) is 11.3 Å². The van der Waals surface area contributed by atoms with E-state index in [2.05, 4.69) is 20.5 Å². The number of carbonyl (C=O) groups excluding carboxylic acids is 1. The Morgan fingerprint density at radius 1 is 1.37 bits per heavy atom. The number of nitrogens with zero attached hydrogens (tertiary/aromatic N) is 2. The summed E-state index contributed by atoms with van der Waals surface area (Å²) in [4.78, 5) is 15.7. The second-order valence-electron chi connectivity index (χ2n) is 4.34. The van der Waals surface area contributed by atoms with Gasteiger partial charge in [-0.2, -0.15) is 10.1 Å². The first-order chi connectivity index (χ1) is 9.15. The zero-order valence-electron chi connectivity index (χ0n) is 10.9. The number of aromatic amines is 1. The molecule has 0 atom stereocenters. The lowest BCUT2D eigenvalue weighted by atomic mass is 10.1. The van der Waals surface area contributed by atoms with Crippen molar-refractivity contribution in [1.29, 1.82) is 0 Å². The number of carbonyl (C=O) groups is 1. The van der Waals surface area contributed by atoms with E-state index >= 15 is 0 Å². The number of hydrogen-bond acceptors (Lipinski definition) is 4. The van der Waals surface area contributed by atoms with Gasteiger partial charge in [-0.05, 0) is 31.5 Å². The first kappa shape index (κ1) is 13.2. The minimum absolute atomic E-state index is 0.189. The monoisotopic (exact) mass is 260 g/mol. The molecule has 1 aromatic heterocycles. The predicted molar refractivity (Wildman–Crippen MR) is 70.7 cm³/mol. The molecular weight excluding hydrogens is 244 g/mol. The molecule has 2 aromatic rings. The molecule has 1 amide bonds. The Bertz CT molecular complexity index is 520. The van der Waals surface area contributed by atoms with Gasteiger partial charge in [0.2, 0.25) is 5.95 Å². The Morgan fingerprint density at radius 2 is 2.11 bits per heavy atom. The average molecular weight is 260 g/mol. The van der Waals surface area contributed by atoms with E-state index in [1.165, 1.54) is 6.33 Å². The number of ether oxygens (including phenoxy) is 1. The van der Waals surface area contributed by atoms with Gasteiger partial charge in [-0.15, -0.1) is 0 Å². The van der Waals surface area contributed by atoms with Crippen molar-refractivity contribution in [1.82, 2.24) is 15.2 Å². The smallest absolute Gasteiger partial charge is 0.258 e. The molecule has 19 heavy (non-hydrogen) atoms. The van der Waals surface area contributed by atoms with E-state index in [0.717, 1.165) is 5.56 Å². The van der Waals surface area contributed by atoms with Crippen molar-refractivity contribution in [2.75, 3.05) is 5.32 Å². The molecule has 0 aliphatic carbocycles. The maximum Gasteiger partial charge on any atom is 0.258 e. The van der Waals surface area contributed by atoms with Gasteiger partial charge in [0.25, 0.3) is 5.91 Å². The van der Waals surface area contributed by atoms with Crippen LogP contribution in [0.1, 0.15) is 29.8 Å². The molecule has 0 fully saturated rings. The van der Waals surface area contributed by atoms with Crippen LogP contribution in [0.2, 0.25) is 0 Å². The molecule has 1 aromatic carbocycles. The van der Waals surface area contributed by atoms with E-state index in [-0.39, 0.29) is 12.0 Å². The third kappa shape index (κ3) is 3.89. The fourth-order valence-corrected chi connectivity index (χ4v) is 1.46. The highest BCUT2D eigenvalue weighted by Gasteiger charge is 2.07. The van der Waals surface area contributed by atoms with E-state index in [1.807, 2.05) is 26.0 Å². The summed E-state index contributed by atoms with van der Waals surface area (Å²) in [6.45, 7) is 4.51. The Hall–Kier alpha value is -2.21. The topological polar surface area (TPSA) is 79.9 Å². The molecule has 0 saturated heterocycles. The third-order valence-corrected chi connectivity index (χ3v) is 2.45. The van der Waals surface area contributed by atoms with Crippen LogP contribution < -0.4 is 5.32 Å². The molecule has 0 saturated carbocycles. The molecule has 0 spiro atoms. The van der Waals surface area contributed by atoms with Gasteiger partial charge in [0, 0.05) is 5.56 Å². The molecule has 0 aliphatic heterocycles. The van der Waals surface area contributed by atoms with E-state index in [4.69, 9.17) is 4.74 Å². The number of H-pyrrole nitrogens is 1. The molecule has 0 aliphatic rings. The minimum Gasteiger partial charge on any atom is -0.374 e.